The van der Waals surface area contributed by atoms with Gasteiger partial charge in [0, 0.05) is 19.8 Å². The third-order valence-corrected chi connectivity index (χ3v) is 6.05. The Hall–Kier alpha value is -3.58. The van der Waals surface area contributed by atoms with Gasteiger partial charge < -0.3 is 15.4 Å². The Morgan fingerprint density at radius 1 is 1.23 bits per heavy atom. The van der Waals surface area contributed by atoms with Crippen LogP contribution in [0.4, 0.5) is 15.8 Å². The number of anilines is 2. The van der Waals surface area contributed by atoms with Crippen LogP contribution in [0.25, 0.3) is 5.69 Å². The Labute approximate surface area is 177 Å². The summed E-state index contributed by atoms with van der Waals surface area (Å²) in [6, 6.07) is 8.40. The number of hydrogen-bond donors (Lipinski definition) is 2. The first-order valence-corrected chi connectivity index (χ1v) is 10.3. The largest absolute Gasteiger partial charge is 0.495 e. The molecule has 13 heteroatoms. The number of hydrogen-bond acceptors (Lipinski definition) is 8. The Morgan fingerprint density at radius 2 is 2.00 bits per heavy atom. The van der Waals surface area contributed by atoms with Crippen LogP contribution >= 0.6 is 0 Å². The molecule has 0 saturated heterocycles. The minimum absolute atomic E-state index is 0.0776. The number of benzene rings is 2. The lowest BCUT2D eigenvalue weighted by Gasteiger charge is -2.16. The van der Waals surface area contributed by atoms with Gasteiger partial charge in [-0.3, -0.25) is 4.79 Å². The Morgan fingerprint density at radius 3 is 2.65 bits per heavy atom. The van der Waals surface area contributed by atoms with E-state index >= 15 is 0 Å². The van der Waals surface area contributed by atoms with Gasteiger partial charge >= 0.3 is 0 Å². The van der Waals surface area contributed by atoms with Gasteiger partial charge in [-0.1, -0.05) is 0 Å². The summed E-state index contributed by atoms with van der Waals surface area (Å²) in [5, 5.41) is 16.0. The standard InChI is InChI=1S/C18H20FN7O4S/c1-25(2)31(28,29)17-8-12(4-7-16(17)30-3)22-18(27)10-20-15-9-13(5-6-14(15)19)26-11-21-23-24-26/h4-9,11,20H,10H2,1-3H3,(H,22,27). The molecule has 1 heterocycles. The zero-order chi connectivity index (χ0) is 22.6. The van der Waals surface area contributed by atoms with E-state index in [0.29, 0.717) is 5.69 Å². The van der Waals surface area contributed by atoms with Gasteiger partial charge in [0.2, 0.25) is 15.9 Å². The van der Waals surface area contributed by atoms with Crippen LogP contribution in [0.2, 0.25) is 0 Å². The first-order valence-electron chi connectivity index (χ1n) is 8.89. The maximum Gasteiger partial charge on any atom is 0.246 e. The quantitative estimate of drug-likeness (QED) is 0.523. The fourth-order valence-electron chi connectivity index (χ4n) is 2.60. The predicted octanol–water partition coefficient (Wildman–Crippen LogP) is 1.11. The number of aromatic nitrogens is 4. The Balaban J connectivity index is 1.73. The summed E-state index contributed by atoms with van der Waals surface area (Å²) in [6.07, 6.45) is 1.35. The van der Waals surface area contributed by atoms with Crippen molar-refractivity contribution in [2.45, 2.75) is 4.90 Å². The van der Waals surface area contributed by atoms with Crippen molar-refractivity contribution in [2.24, 2.45) is 0 Å². The number of halogens is 1. The average Bonchev–Trinajstić information content (AvgIpc) is 3.28. The zero-order valence-electron chi connectivity index (χ0n) is 16.9. The molecule has 0 atom stereocenters. The number of methoxy groups -OCH3 is 1. The van der Waals surface area contributed by atoms with E-state index < -0.39 is 21.7 Å². The third kappa shape index (κ3) is 4.95. The molecule has 164 valence electrons. The fourth-order valence-corrected chi connectivity index (χ4v) is 3.68. The summed E-state index contributed by atoms with van der Waals surface area (Å²) >= 11 is 0. The molecule has 3 aromatic rings. The summed E-state index contributed by atoms with van der Waals surface area (Å²) < 4.78 is 46.6. The highest BCUT2D eigenvalue weighted by atomic mass is 32.2. The number of ether oxygens (including phenoxy) is 1. The van der Waals surface area contributed by atoms with Crippen LogP contribution in [0.5, 0.6) is 5.75 Å². The molecular weight excluding hydrogens is 429 g/mol. The topological polar surface area (TPSA) is 131 Å². The number of carbonyl (C=O) groups is 1. The maximum absolute atomic E-state index is 14.1. The van der Waals surface area contributed by atoms with Crippen molar-refractivity contribution in [3.05, 3.63) is 48.5 Å². The molecule has 3 rings (SSSR count). The van der Waals surface area contributed by atoms with Crippen molar-refractivity contribution >= 4 is 27.3 Å². The molecule has 0 unspecified atom stereocenters. The minimum atomic E-state index is -3.79. The predicted molar refractivity (Wildman–Crippen MR) is 110 cm³/mol. The van der Waals surface area contributed by atoms with Gasteiger partial charge in [-0.15, -0.1) is 5.10 Å². The van der Waals surface area contributed by atoms with E-state index in [0.717, 1.165) is 4.31 Å². The average molecular weight is 449 g/mol. The van der Waals surface area contributed by atoms with Crippen LogP contribution in [-0.4, -0.2) is 66.6 Å². The lowest BCUT2D eigenvalue weighted by Crippen LogP contribution is -2.24. The van der Waals surface area contributed by atoms with Crippen LogP contribution in [-0.2, 0) is 14.8 Å². The van der Waals surface area contributed by atoms with E-state index in [-0.39, 0.29) is 28.6 Å². The molecule has 2 N–H and O–H groups in total. The molecule has 0 fully saturated rings. The maximum atomic E-state index is 14.1. The van der Waals surface area contributed by atoms with E-state index in [2.05, 4.69) is 26.2 Å². The van der Waals surface area contributed by atoms with Crippen LogP contribution in [0.15, 0.2) is 47.6 Å². The molecule has 0 aliphatic heterocycles. The van der Waals surface area contributed by atoms with Gasteiger partial charge in [-0.25, -0.2) is 21.8 Å². The van der Waals surface area contributed by atoms with Crippen LogP contribution < -0.4 is 15.4 Å². The molecule has 0 aliphatic carbocycles. The number of sulfonamides is 1. The highest BCUT2D eigenvalue weighted by Crippen LogP contribution is 2.28. The first-order chi connectivity index (χ1) is 14.7. The molecule has 11 nitrogen and oxygen atoms in total. The molecule has 0 bridgehead atoms. The smallest absolute Gasteiger partial charge is 0.246 e. The molecule has 0 saturated carbocycles. The number of nitrogens with zero attached hydrogens (tertiary/aromatic N) is 5. The third-order valence-electron chi connectivity index (χ3n) is 4.21. The summed E-state index contributed by atoms with van der Waals surface area (Å²) in [7, 11) is 0.341. The number of rotatable bonds is 8. The number of tetrazole rings is 1. The summed E-state index contributed by atoms with van der Waals surface area (Å²) in [5.41, 5.74) is 0.827. The van der Waals surface area contributed by atoms with Crippen molar-refractivity contribution in [3.8, 4) is 11.4 Å². The van der Waals surface area contributed by atoms with Crippen molar-refractivity contribution in [2.75, 3.05) is 38.4 Å². The summed E-state index contributed by atoms with van der Waals surface area (Å²) in [4.78, 5) is 12.2. The summed E-state index contributed by atoms with van der Waals surface area (Å²) in [6.45, 7) is -0.266. The first kappa shape index (κ1) is 22.1. The fraction of sp³-hybridized carbons (Fsp3) is 0.222. The Kier molecular flexibility index (Phi) is 6.46. The lowest BCUT2D eigenvalue weighted by atomic mass is 10.2. The zero-order valence-corrected chi connectivity index (χ0v) is 17.7. The van der Waals surface area contributed by atoms with Gasteiger partial charge in [0.25, 0.3) is 0 Å². The second-order valence-corrected chi connectivity index (χ2v) is 8.59. The molecule has 31 heavy (non-hydrogen) atoms. The lowest BCUT2D eigenvalue weighted by molar-refractivity contribution is -0.114. The second-order valence-electron chi connectivity index (χ2n) is 6.47. The molecular formula is C18H20FN7O4S. The molecule has 0 radical (unpaired) electrons. The highest BCUT2D eigenvalue weighted by molar-refractivity contribution is 7.89. The summed E-state index contributed by atoms with van der Waals surface area (Å²) in [5.74, 6) is -0.926. The van der Waals surface area contributed by atoms with Gasteiger partial charge in [-0.2, -0.15) is 0 Å². The van der Waals surface area contributed by atoms with Gasteiger partial charge in [0.15, 0.2) is 0 Å². The number of carbonyl (C=O) groups excluding carboxylic acids is 1. The highest BCUT2D eigenvalue weighted by Gasteiger charge is 2.23. The monoisotopic (exact) mass is 449 g/mol. The normalized spacial score (nSPS) is 11.4. The van der Waals surface area contributed by atoms with E-state index in [9.17, 15) is 17.6 Å². The molecule has 2 aromatic carbocycles. The minimum Gasteiger partial charge on any atom is -0.495 e. The van der Waals surface area contributed by atoms with E-state index in [1.54, 1.807) is 0 Å². The molecule has 1 amide bonds. The van der Waals surface area contributed by atoms with Crippen molar-refractivity contribution in [1.29, 1.82) is 0 Å². The van der Waals surface area contributed by atoms with Gasteiger partial charge in [0.05, 0.1) is 25.0 Å². The molecule has 0 spiro atoms. The second kappa shape index (κ2) is 9.06. The van der Waals surface area contributed by atoms with Crippen LogP contribution in [0.3, 0.4) is 0 Å². The Bertz CT molecular complexity index is 1180. The number of nitrogens with one attached hydrogen (secondary N) is 2. The van der Waals surface area contributed by atoms with E-state index in [1.165, 1.54) is 68.6 Å². The van der Waals surface area contributed by atoms with Crippen molar-refractivity contribution in [3.63, 3.8) is 0 Å². The SMILES string of the molecule is COc1ccc(NC(=O)CNc2cc(-n3cnnn3)ccc2F)cc1S(=O)(=O)N(C)C. The van der Waals surface area contributed by atoms with Crippen molar-refractivity contribution in [1.82, 2.24) is 24.5 Å². The molecule has 1 aromatic heterocycles. The van der Waals surface area contributed by atoms with Gasteiger partial charge in [0.1, 0.15) is 22.8 Å². The van der Waals surface area contributed by atoms with Crippen LogP contribution in [0, 0.1) is 5.82 Å². The number of amides is 1. The van der Waals surface area contributed by atoms with Gasteiger partial charge in [-0.05, 0) is 46.8 Å². The van der Waals surface area contributed by atoms with E-state index in [1.807, 2.05) is 0 Å². The van der Waals surface area contributed by atoms with Crippen molar-refractivity contribution < 1.29 is 22.3 Å². The molecule has 0 aliphatic rings. The van der Waals surface area contributed by atoms with Crippen LogP contribution in [0.1, 0.15) is 0 Å². The van der Waals surface area contributed by atoms with E-state index in [4.69, 9.17) is 4.74 Å².